The summed E-state index contributed by atoms with van der Waals surface area (Å²) in [5.74, 6) is -2.01. The maximum Gasteiger partial charge on any atom is 0.361 e. The highest BCUT2D eigenvalue weighted by atomic mass is 16.7. The summed E-state index contributed by atoms with van der Waals surface area (Å²) in [5.41, 5.74) is 0. The second-order valence-corrected chi connectivity index (χ2v) is 15.7. The van der Waals surface area contributed by atoms with Crippen molar-refractivity contribution in [1.29, 1.82) is 0 Å². The molecule has 0 radical (unpaired) electrons. The number of hydrogen-bond acceptors (Lipinski definition) is 7. The molecular formula is C43H82NO8+. The quantitative estimate of drug-likeness (QED) is 0.0218. The molecule has 0 aromatic carbocycles. The van der Waals surface area contributed by atoms with Crippen molar-refractivity contribution in [3.05, 3.63) is 12.2 Å². The van der Waals surface area contributed by atoms with Crippen molar-refractivity contribution in [3.63, 3.8) is 0 Å². The zero-order valence-electron chi connectivity index (χ0n) is 34.5. The van der Waals surface area contributed by atoms with Gasteiger partial charge in [-0.1, -0.05) is 148 Å². The van der Waals surface area contributed by atoms with Crippen LogP contribution in [0.15, 0.2) is 12.2 Å². The van der Waals surface area contributed by atoms with Crippen molar-refractivity contribution in [2.45, 2.75) is 200 Å². The van der Waals surface area contributed by atoms with Crippen LogP contribution in [0.4, 0.5) is 0 Å². The SMILES string of the molecule is CCCCCCC/C=C\CCCCCCCC(=O)OC(COC(=O)CCCCCCCCCCCCCCC)COC(OCC[N+](C)(C)C)C(=O)O. The first-order valence-electron chi connectivity index (χ1n) is 21.4. The fourth-order valence-corrected chi connectivity index (χ4v) is 5.89. The summed E-state index contributed by atoms with van der Waals surface area (Å²) in [6, 6.07) is 0. The van der Waals surface area contributed by atoms with Crippen LogP contribution >= 0.6 is 0 Å². The third kappa shape index (κ3) is 36.4. The van der Waals surface area contributed by atoms with Crippen molar-refractivity contribution in [2.24, 2.45) is 0 Å². The Hall–Kier alpha value is -1.97. The van der Waals surface area contributed by atoms with Crippen molar-refractivity contribution < 1.29 is 42.9 Å². The molecule has 9 nitrogen and oxygen atoms in total. The van der Waals surface area contributed by atoms with Gasteiger partial charge in [0.1, 0.15) is 13.2 Å². The fourth-order valence-electron chi connectivity index (χ4n) is 5.89. The van der Waals surface area contributed by atoms with E-state index in [1.54, 1.807) is 0 Å². The van der Waals surface area contributed by atoms with Crippen LogP contribution < -0.4 is 0 Å². The van der Waals surface area contributed by atoms with Gasteiger partial charge in [0, 0.05) is 12.8 Å². The van der Waals surface area contributed by atoms with Gasteiger partial charge in [-0.05, 0) is 38.5 Å². The highest BCUT2D eigenvalue weighted by molar-refractivity contribution is 5.71. The number of carboxylic acid groups (broad SMARTS) is 1. The Morgan fingerprint density at radius 1 is 0.558 bits per heavy atom. The Labute approximate surface area is 319 Å². The van der Waals surface area contributed by atoms with E-state index in [0.717, 1.165) is 51.4 Å². The molecule has 0 saturated heterocycles. The lowest BCUT2D eigenvalue weighted by Gasteiger charge is -2.25. The van der Waals surface area contributed by atoms with Crippen molar-refractivity contribution in [1.82, 2.24) is 0 Å². The van der Waals surface area contributed by atoms with Gasteiger partial charge in [0.05, 0.1) is 34.4 Å². The van der Waals surface area contributed by atoms with Gasteiger partial charge in [-0.25, -0.2) is 4.79 Å². The van der Waals surface area contributed by atoms with Gasteiger partial charge < -0.3 is 28.5 Å². The maximum atomic E-state index is 12.7. The number of hydrogen-bond donors (Lipinski definition) is 1. The number of rotatable bonds is 39. The molecule has 0 aliphatic heterocycles. The summed E-state index contributed by atoms with van der Waals surface area (Å²) in [7, 11) is 5.95. The van der Waals surface area contributed by atoms with E-state index in [0.29, 0.717) is 23.9 Å². The number of carbonyl (C=O) groups excluding carboxylic acids is 2. The van der Waals surface area contributed by atoms with E-state index in [1.165, 1.54) is 103 Å². The minimum atomic E-state index is -1.50. The molecule has 2 atom stereocenters. The zero-order valence-corrected chi connectivity index (χ0v) is 34.5. The van der Waals surface area contributed by atoms with Crippen LogP contribution in [0, 0.1) is 0 Å². The number of unbranched alkanes of at least 4 members (excludes halogenated alkanes) is 22. The predicted molar refractivity (Wildman–Crippen MR) is 212 cm³/mol. The molecule has 0 amide bonds. The number of likely N-dealkylation sites (N-methyl/N-ethyl adjacent to an activating group) is 1. The number of ether oxygens (including phenoxy) is 4. The molecule has 306 valence electrons. The van der Waals surface area contributed by atoms with E-state index in [9.17, 15) is 19.5 Å². The van der Waals surface area contributed by atoms with E-state index in [1.807, 2.05) is 21.1 Å². The molecule has 1 N–H and O–H groups in total. The Morgan fingerprint density at radius 2 is 0.981 bits per heavy atom. The van der Waals surface area contributed by atoms with E-state index >= 15 is 0 Å². The number of aliphatic carboxylic acids is 1. The molecule has 0 heterocycles. The summed E-state index contributed by atoms with van der Waals surface area (Å²) >= 11 is 0. The van der Waals surface area contributed by atoms with E-state index < -0.39 is 24.3 Å². The Kier molecular flexibility index (Phi) is 34.7. The molecule has 0 rings (SSSR count). The predicted octanol–water partition coefficient (Wildman–Crippen LogP) is 10.7. The number of carbonyl (C=O) groups is 3. The summed E-state index contributed by atoms with van der Waals surface area (Å²) < 4.78 is 22.7. The first kappa shape index (κ1) is 50.0. The summed E-state index contributed by atoms with van der Waals surface area (Å²) in [6.07, 6.45) is 32.6. The molecule has 0 spiro atoms. The molecule has 0 fully saturated rings. The third-order valence-electron chi connectivity index (χ3n) is 9.27. The molecule has 0 saturated carbocycles. The molecule has 0 aromatic rings. The molecule has 0 aromatic heterocycles. The first-order valence-corrected chi connectivity index (χ1v) is 21.4. The maximum absolute atomic E-state index is 12.7. The van der Waals surface area contributed by atoms with Gasteiger partial charge in [-0.15, -0.1) is 0 Å². The van der Waals surface area contributed by atoms with Gasteiger partial charge >= 0.3 is 17.9 Å². The highest BCUT2D eigenvalue weighted by Gasteiger charge is 2.25. The van der Waals surface area contributed by atoms with Crippen LogP contribution in [0.1, 0.15) is 187 Å². The molecule has 52 heavy (non-hydrogen) atoms. The van der Waals surface area contributed by atoms with Crippen molar-refractivity contribution in [3.8, 4) is 0 Å². The number of nitrogens with zero attached hydrogens (tertiary/aromatic N) is 1. The standard InChI is InChI=1S/C43H81NO8/c1-6-8-10-12-14-16-18-20-22-24-26-28-30-32-34-41(46)52-39(38-51-43(42(47)48)49-36-35-44(3,4)5)37-50-40(45)33-31-29-27-25-23-21-19-17-15-13-11-9-7-2/h18,20,39,43H,6-17,19,21-38H2,1-5H3/p+1/b20-18-. The monoisotopic (exact) mass is 741 g/mol. The smallest absolute Gasteiger partial charge is 0.361 e. The minimum absolute atomic E-state index is 0.180. The van der Waals surface area contributed by atoms with Crippen LogP contribution in [0.5, 0.6) is 0 Å². The number of carboxylic acids is 1. The molecular weight excluding hydrogens is 658 g/mol. The van der Waals surface area contributed by atoms with Gasteiger partial charge in [0.15, 0.2) is 6.10 Å². The lowest BCUT2D eigenvalue weighted by molar-refractivity contribution is -0.870. The van der Waals surface area contributed by atoms with Crippen molar-refractivity contribution >= 4 is 17.9 Å². The molecule has 9 heteroatoms. The van der Waals surface area contributed by atoms with Crippen LogP contribution in [0.2, 0.25) is 0 Å². The third-order valence-corrected chi connectivity index (χ3v) is 9.27. The molecule has 0 aliphatic rings. The number of quaternary nitrogens is 1. The summed E-state index contributed by atoms with van der Waals surface area (Å²) in [6.45, 7) is 4.85. The highest BCUT2D eigenvalue weighted by Crippen LogP contribution is 2.14. The average Bonchev–Trinajstić information content (AvgIpc) is 3.09. The summed E-state index contributed by atoms with van der Waals surface area (Å²) in [4.78, 5) is 37.0. The Bertz CT molecular complexity index is 872. The van der Waals surface area contributed by atoms with Crippen LogP contribution in [0.3, 0.4) is 0 Å². The van der Waals surface area contributed by atoms with Gasteiger partial charge in [0.25, 0.3) is 6.29 Å². The normalized spacial score (nSPS) is 13.0. The van der Waals surface area contributed by atoms with E-state index in [2.05, 4.69) is 26.0 Å². The van der Waals surface area contributed by atoms with Crippen LogP contribution in [-0.4, -0.2) is 87.4 Å². The second kappa shape index (κ2) is 36.0. The zero-order chi connectivity index (χ0) is 38.5. The Balaban J connectivity index is 4.48. The topological polar surface area (TPSA) is 108 Å². The summed E-state index contributed by atoms with van der Waals surface area (Å²) in [5, 5.41) is 9.61. The lowest BCUT2D eigenvalue weighted by Crippen LogP contribution is -2.40. The largest absolute Gasteiger partial charge is 0.477 e. The molecule has 2 unspecified atom stereocenters. The van der Waals surface area contributed by atoms with E-state index in [4.69, 9.17) is 18.9 Å². The second-order valence-electron chi connectivity index (χ2n) is 15.7. The lowest BCUT2D eigenvalue weighted by atomic mass is 10.0. The number of allylic oxidation sites excluding steroid dienone is 2. The van der Waals surface area contributed by atoms with E-state index in [-0.39, 0.29) is 32.2 Å². The van der Waals surface area contributed by atoms with Crippen molar-refractivity contribution in [2.75, 3.05) is 47.5 Å². The average molecular weight is 741 g/mol. The van der Waals surface area contributed by atoms with Crippen LogP contribution in [0.25, 0.3) is 0 Å². The first-order chi connectivity index (χ1) is 25.1. The Morgan fingerprint density at radius 3 is 1.42 bits per heavy atom. The molecule has 0 aliphatic carbocycles. The minimum Gasteiger partial charge on any atom is -0.477 e. The fraction of sp³-hybridized carbons (Fsp3) is 0.884. The van der Waals surface area contributed by atoms with Crippen LogP contribution in [-0.2, 0) is 33.3 Å². The van der Waals surface area contributed by atoms with Gasteiger partial charge in [-0.3, -0.25) is 9.59 Å². The van der Waals surface area contributed by atoms with Gasteiger partial charge in [0.2, 0.25) is 0 Å². The number of esters is 2. The van der Waals surface area contributed by atoms with Gasteiger partial charge in [-0.2, -0.15) is 0 Å². The molecule has 0 bridgehead atoms.